The number of carbonyl (C=O) groups excluding carboxylic acids is 1. The van der Waals surface area contributed by atoms with Crippen molar-refractivity contribution in [3.8, 4) is 0 Å². The van der Waals surface area contributed by atoms with Crippen LogP contribution in [-0.4, -0.2) is 56.6 Å². The molecule has 0 aromatic rings. The van der Waals surface area contributed by atoms with E-state index < -0.39 is 8.24 Å². The van der Waals surface area contributed by atoms with Crippen molar-refractivity contribution < 1.29 is 9.53 Å². The maximum atomic E-state index is 11.9. The monoisotopic (exact) mass is 342 g/mol. The van der Waals surface area contributed by atoms with Crippen LogP contribution in [0.5, 0.6) is 0 Å². The van der Waals surface area contributed by atoms with Crippen molar-refractivity contribution in [2.45, 2.75) is 72.0 Å². The molecule has 0 saturated carbocycles. The maximum absolute atomic E-state index is 11.9. The van der Waals surface area contributed by atoms with E-state index >= 15 is 0 Å². The molecule has 5 heteroatoms. The average Bonchev–Trinajstić information content (AvgIpc) is 2.86. The molecule has 1 saturated heterocycles. The standard InChI is InChI=1S/C18H38N2O2Si/c1-9-22-18(21)17(8)12-19-10-11-20(13-19)23(14(2)3,15(4)5)16(6)7/h14-17H,9-13H2,1-8H3. The van der Waals surface area contributed by atoms with Gasteiger partial charge in [0.15, 0.2) is 0 Å². The Kier molecular flexibility index (Phi) is 7.75. The molecule has 0 N–H and O–H groups in total. The minimum absolute atomic E-state index is 0.0388. The lowest BCUT2D eigenvalue weighted by Gasteiger charge is -2.49. The number of hydrogen-bond acceptors (Lipinski definition) is 4. The molecular weight excluding hydrogens is 304 g/mol. The first-order valence-electron chi connectivity index (χ1n) is 9.31. The smallest absolute Gasteiger partial charge is 0.309 e. The van der Waals surface area contributed by atoms with Gasteiger partial charge in [0.25, 0.3) is 0 Å². The summed E-state index contributed by atoms with van der Waals surface area (Å²) in [5.41, 5.74) is 2.22. The van der Waals surface area contributed by atoms with Gasteiger partial charge in [-0.2, -0.15) is 0 Å². The average molecular weight is 343 g/mol. The van der Waals surface area contributed by atoms with Crippen LogP contribution in [0.15, 0.2) is 0 Å². The first-order chi connectivity index (χ1) is 10.7. The van der Waals surface area contributed by atoms with Crippen LogP contribution < -0.4 is 0 Å². The van der Waals surface area contributed by atoms with E-state index in [9.17, 15) is 4.79 Å². The van der Waals surface area contributed by atoms with Gasteiger partial charge in [-0.15, -0.1) is 0 Å². The van der Waals surface area contributed by atoms with Gasteiger partial charge in [-0.05, 0) is 23.5 Å². The van der Waals surface area contributed by atoms with E-state index in [2.05, 4.69) is 51.0 Å². The Morgan fingerprint density at radius 2 is 1.52 bits per heavy atom. The van der Waals surface area contributed by atoms with E-state index in [1.54, 1.807) is 0 Å². The normalized spacial score (nSPS) is 19.1. The van der Waals surface area contributed by atoms with Crippen molar-refractivity contribution in [2.75, 3.05) is 32.9 Å². The number of nitrogens with zero attached hydrogens (tertiary/aromatic N) is 2. The summed E-state index contributed by atoms with van der Waals surface area (Å²) in [4.78, 5) is 14.3. The molecule has 0 bridgehead atoms. The van der Waals surface area contributed by atoms with Gasteiger partial charge in [-0.1, -0.05) is 48.5 Å². The lowest BCUT2D eigenvalue weighted by Crippen LogP contribution is -2.59. The molecule has 0 radical (unpaired) electrons. The molecule has 0 aromatic heterocycles. The van der Waals surface area contributed by atoms with Crippen LogP contribution in [0.4, 0.5) is 0 Å². The Bertz CT molecular complexity index is 363. The predicted octanol–water partition coefficient (Wildman–Crippen LogP) is 3.94. The van der Waals surface area contributed by atoms with E-state index in [1.165, 1.54) is 0 Å². The Balaban J connectivity index is 2.79. The van der Waals surface area contributed by atoms with Crippen LogP contribution in [0.1, 0.15) is 55.4 Å². The Labute approximate surface area is 144 Å². The number of hydrogen-bond donors (Lipinski definition) is 0. The van der Waals surface area contributed by atoms with Crippen LogP contribution in [0.3, 0.4) is 0 Å². The SMILES string of the molecule is CCOC(=O)C(C)CN1CCN([Si](C(C)C)(C(C)C)C(C)C)C1. The third-order valence-corrected chi connectivity index (χ3v) is 12.6. The number of rotatable bonds is 8. The first-order valence-corrected chi connectivity index (χ1v) is 11.5. The molecule has 0 aliphatic carbocycles. The Morgan fingerprint density at radius 1 is 1.00 bits per heavy atom. The van der Waals surface area contributed by atoms with Crippen molar-refractivity contribution in [1.82, 2.24) is 9.47 Å². The molecular formula is C18H38N2O2Si. The zero-order chi connectivity index (χ0) is 17.8. The highest BCUT2D eigenvalue weighted by molar-refractivity contribution is 6.81. The summed E-state index contributed by atoms with van der Waals surface area (Å²) in [5.74, 6) is -0.103. The summed E-state index contributed by atoms with van der Waals surface area (Å²) in [6, 6.07) is 0. The molecule has 23 heavy (non-hydrogen) atoms. The molecule has 1 atom stereocenters. The fourth-order valence-electron chi connectivity index (χ4n) is 4.95. The number of carbonyl (C=O) groups is 1. The first kappa shape index (κ1) is 20.7. The van der Waals surface area contributed by atoms with Gasteiger partial charge < -0.3 is 9.30 Å². The van der Waals surface area contributed by atoms with Crippen molar-refractivity contribution in [1.29, 1.82) is 0 Å². The van der Waals surface area contributed by atoms with Gasteiger partial charge in [-0.25, -0.2) is 0 Å². The van der Waals surface area contributed by atoms with Crippen LogP contribution in [0, 0.1) is 5.92 Å². The predicted molar refractivity (Wildman–Crippen MR) is 100.0 cm³/mol. The van der Waals surface area contributed by atoms with E-state index in [4.69, 9.17) is 4.74 Å². The lowest BCUT2D eigenvalue weighted by molar-refractivity contribution is -0.147. The van der Waals surface area contributed by atoms with Gasteiger partial charge in [0.2, 0.25) is 0 Å². The minimum Gasteiger partial charge on any atom is -0.466 e. The summed E-state index contributed by atoms with van der Waals surface area (Å²) in [6.07, 6.45) is 0. The van der Waals surface area contributed by atoms with Crippen LogP contribution in [0.25, 0.3) is 0 Å². The van der Waals surface area contributed by atoms with E-state index in [-0.39, 0.29) is 11.9 Å². The summed E-state index contributed by atoms with van der Waals surface area (Å²) in [7, 11) is -1.55. The fourth-order valence-corrected chi connectivity index (χ4v) is 12.1. The van der Waals surface area contributed by atoms with Gasteiger partial charge >= 0.3 is 5.97 Å². The van der Waals surface area contributed by atoms with Crippen LogP contribution in [-0.2, 0) is 9.53 Å². The van der Waals surface area contributed by atoms with Crippen molar-refractivity contribution >= 4 is 14.2 Å². The summed E-state index contributed by atoms with van der Waals surface area (Å²) in [5, 5.41) is 0. The Hall–Kier alpha value is -0.393. The molecule has 1 aliphatic rings. The van der Waals surface area contributed by atoms with Crippen molar-refractivity contribution in [3.63, 3.8) is 0 Å². The van der Waals surface area contributed by atoms with E-state index in [0.29, 0.717) is 6.61 Å². The third kappa shape index (κ3) is 4.37. The molecule has 1 aliphatic heterocycles. The molecule has 136 valence electrons. The van der Waals surface area contributed by atoms with Gasteiger partial charge in [0.05, 0.1) is 12.5 Å². The second kappa shape index (κ2) is 8.63. The topological polar surface area (TPSA) is 32.8 Å². The molecule has 1 rings (SSSR count). The molecule has 0 amide bonds. The zero-order valence-electron chi connectivity index (χ0n) is 16.6. The second-order valence-electron chi connectivity index (χ2n) is 7.99. The van der Waals surface area contributed by atoms with E-state index in [0.717, 1.165) is 42.9 Å². The molecule has 1 fully saturated rings. The summed E-state index contributed by atoms with van der Waals surface area (Å²) < 4.78 is 7.95. The highest BCUT2D eigenvalue weighted by Crippen LogP contribution is 2.44. The van der Waals surface area contributed by atoms with Crippen LogP contribution in [0.2, 0.25) is 16.6 Å². The lowest BCUT2D eigenvalue weighted by atomic mass is 10.2. The van der Waals surface area contributed by atoms with E-state index in [1.807, 2.05) is 13.8 Å². The molecule has 4 nitrogen and oxygen atoms in total. The molecule has 1 unspecified atom stereocenters. The Morgan fingerprint density at radius 3 is 1.96 bits per heavy atom. The summed E-state index contributed by atoms with van der Waals surface area (Å²) in [6.45, 7) is 22.9. The maximum Gasteiger partial charge on any atom is 0.309 e. The number of ether oxygens (including phenoxy) is 1. The highest BCUT2D eigenvalue weighted by Gasteiger charge is 2.49. The second-order valence-corrected chi connectivity index (χ2v) is 13.9. The van der Waals surface area contributed by atoms with Gasteiger partial charge in [-0.3, -0.25) is 9.69 Å². The zero-order valence-corrected chi connectivity index (χ0v) is 17.6. The largest absolute Gasteiger partial charge is 0.466 e. The third-order valence-electron chi connectivity index (χ3n) is 5.60. The molecule has 0 aromatic carbocycles. The fraction of sp³-hybridized carbons (Fsp3) is 0.944. The molecule has 1 heterocycles. The highest BCUT2D eigenvalue weighted by atomic mass is 28.3. The van der Waals surface area contributed by atoms with Gasteiger partial charge in [0.1, 0.15) is 8.24 Å². The van der Waals surface area contributed by atoms with Gasteiger partial charge in [0, 0.05) is 26.3 Å². The van der Waals surface area contributed by atoms with Crippen molar-refractivity contribution in [2.24, 2.45) is 5.92 Å². The molecule has 0 spiro atoms. The quantitative estimate of drug-likeness (QED) is 0.494. The summed E-state index contributed by atoms with van der Waals surface area (Å²) >= 11 is 0. The minimum atomic E-state index is -1.55. The van der Waals surface area contributed by atoms with Crippen molar-refractivity contribution in [3.05, 3.63) is 0 Å². The van der Waals surface area contributed by atoms with Crippen LogP contribution >= 0.6 is 0 Å². The number of esters is 1.